The first-order valence-corrected chi connectivity index (χ1v) is 7.74. The van der Waals surface area contributed by atoms with E-state index in [9.17, 15) is 0 Å². The molecule has 1 aliphatic heterocycles. The van der Waals surface area contributed by atoms with Crippen molar-refractivity contribution in [3.05, 3.63) is 58.2 Å². The number of benzene rings is 1. The van der Waals surface area contributed by atoms with Crippen LogP contribution in [0.4, 0.5) is 0 Å². The van der Waals surface area contributed by atoms with Crippen molar-refractivity contribution in [1.82, 2.24) is 15.3 Å². The maximum Gasteiger partial charge on any atom is 0.133 e. The van der Waals surface area contributed by atoms with E-state index in [1.54, 1.807) is 0 Å². The maximum atomic E-state index is 4.76. The van der Waals surface area contributed by atoms with Crippen LogP contribution in [-0.2, 0) is 6.42 Å². The van der Waals surface area contributed by atoms with Gasteiger partial charge in [0, 0.05) is 30.3 Å². The Labute approximate surface area is 126 Å². The predicted molar refractivity (Wildman–Crippen MR) is 85.7 cm³/mol. The van der Waals surface area contributed by atoms with Gasteiger partial charge in [0.15, 0.2) is 0 Å². The van der Waals surface area contributed by atoms with E-state index in [0.717, 1.165) is 36.7 Å². The van der Waals surface area contributed by atoms with Crippen LogP contribution >= 0.6 is 0 Å². The highest BCUT2D eigenvalue weighted by atomic mass is 14.9. The second-order valence-corrected chi connectivity index (χ2v) is 6.08. The first-order valence-electron chi connectivity index (χ1n) is 7.74. The van der Waals surface area contributed by atoms with Gasteiger partial charge in [-0.25, -0.2) is 9.97 Å². The van der Waals surface area contributed by atoms with Gasteiger partial charge in [0.1, 0.15) is 5.82 Å². The molecule has 110 valence electrons. The number of hydrogen-bond acceptors (Lipinski definition) is 3. The molecule has 0 amide bonds. The van der Waals surface area contributed by atoms with Crippen molar-refractivity contribution in [1.29, 1.82) is 0 Å². The fourth-order valence-corrected chi connectivity index (χ4v) is 3.37. The van der Waals surface area contributed by atoms with E-state index in [1.807, 2.05) is 0 Å². The predicted octanol–water partition coefficient (Wildman–Crippen LogP) is 3.07. The number of nitrogens with one attached hydrogen (secondary N) is 1. The van der Waals surface area contributed by atoms with E-state index in [0.29, 0.717) is 5.92 Å². The lowest BCUT2D eigenvalue weighted by Crippen LogP contribution is -2.13. The minimum absolute atomic E-state index is 0.581. The normalized spacial score (nSPS) is 18.1. The number of hydrogen-bond donors (Lipinski definition) is 1. The van der Waals surface area contributed by atoms with Crippen LogP contribution < -0.4 is 5.32 Å². The molecule has 2 aromatic rings. The summed E-state index contributed by atoms with van der Waals surface area (Å²) in [7, 11) is 0. The lowest BCUT2D eigenvalue weighted by Gasteiger charge is -2.15. The van der Waals surface area contributed by atoms with Crippen LogP contribution in [0.2, 0.25) is 0 Å². The van der Waals surface area contributed by atoms with Crippen LogP contribution in [0.3, 0.4) is 0 Å². The Hall–Kier alpha value is -1.74. The number of rotatable bonds is 3. The molecule has 0 radical (unpaired) electrons. The third kappa shape index (κ3) is 3.13. The fourth-order valence-electron chi connectivity index (χ4n) is 3.37. The minimum atomic E-state index is 0.581. The Morgan fingerprint density at radius 3 is 2.52 bits per heavy atom. The van der Waals surface area contributed by atoms with Crippen molar-refractivity contribution < 1.29 is 0 Å². The molecule has 1 aromatic carbocycles. The summed E-state index contributed by atoms with van der Waals surface area (Å²) in [4.78, 5) is 9.53. The highest BCUT2D eigenvalue weighted by Crippen LogP contribution is 2.27. The van der Waals surface area contributed by atoms with Gasteiger partial charge in [-0.2, -0.15) is 0 Å². The van der Waals surface area contributed by atoms with Gasteiger partial charge in [-0.1, -0.05) is 29.8 Å². The molecule has 1 saturated heterocycles. The zero-order valence-electron chi connectivity index (χ0n) is 13.1. The molecule has 2 heterocycles. The first-order chi connectivity index (χ1) is 10.1. The van der Waals surface area contributed by atoms with E-state index in [-0.39, 0.29) is 0 Å². The maximum absolute atomic E-state index is 4.76. The summed E-state index contributed by atoms with van der Waals surface area (Å²) in [5.74, 6) is 1.52. The Balaban J connectivity index is 1.87. The van der Waals surface area contributed by atoms with Gasteiger partial charge in [0.05, 0.1) is 0 Å². The smallest absolute Gasteiger partial charge is 0.133 e. The zero-order chi connectivity index (χ0) is 14.8. The van der Waals surface area contributed by atoms with Crippen LogP contribution in [0.15, 0.2) is 24.3 Å². The molecule has 1 atom stereocenters. The largest absolute Gasteiger partial charge is 0.316 e. The van der Waals surface area contributed by atoms with Gasteiger partial charge in [-0.15, -0.1) is 0 Å². The topological polar surface area (TPSA) is 37.8 Å². The Morgan fingerprint density at radius 2 is 1.90 bits per heavy atom. The van der Waals surface area contributed by atoms with Crippen molar-refractivity contribution in [3.8, 4) is 0 Å². The van der Waals surface area contributed by atoms with Gasteiger partial charge in [0.25, 0.3) is 0 Å². The molecule has 0 aliphatic carbocycles. The molecule has 1 fully saturated rings. The van der Waals surface area contributed by atoms with Crippen molar-refractivity contribution in [2.75, 3.05) is 13.1 Å². The molecule has 0 spiro atoms. The molecule has 1 aromatic heterocycles. The number of aromatic nitrogens is 2. The van der Waals surface area contributed by atoms with Gasteiger partial charge < -0.3 is 5.32 Å². The summed E-state index contributed by atoms with van der Waals surface area (Å²) in [6.45, 7) is 8.54. The zero-order valence-corrected chi connectivity index (χ0v) is 13.1. The number of aryl methyl sites for hydroxylation is 3. The van der Waals surface area contributed by atoms with Crippen LogP contribution in [0.25, 0.3) is 0 Å². The third-order valence-corrected chi connectivity index (χ3v) is 4.29. The second-order valence-electron chi connectivity index (χ2n) is 6.08. The summed E-state index contributed by atoms with van der Waals surface area (Å²) in [6, 6.07) is 8.58. The molecular formula is C18H23N3. The molecular weight excluding hydrogens is 258 g/mol. The van der Waals surface area contributed by atoms with Gasteiger partial charge in [0.2, 0.25) is 0 Å². The van der Waals surface area contributed by atoms with E-state index in [1.165, 1.54) is 23.1 Å². The van der Waals surface area contributed by atoms with Crippen LogP contribution in [0.5, 0.6) is 0 Å². The van der Waals surface area contributed by atoms with E-state index in [2.05, 4.69) is 50.4 Å². The lowest BCUT2D eigenvalue weighted by molar-refractivity contribution is 0.724. The van der Waals surface area contributed by atoms with Crippen molar-refractivity contribution in [2.24, 2.45) is 0 Å². The molecule has 3 heteroatoms. The fraction of sp³-hybridized carbons (Fsp3) is 0.444. The van der Waals surface area contributed by atoms with Gasteiger partial charge in [-0.05, 0) is 44.9 Å². The summed E-state index contributed by atoms with van der Waals surface area (Å²) in [6.07, 6.45) is 2.01. The highest BCUT2D eigenvalue weighted by molar-refractivity contribution is 5.31. The van der Waals surface area contributed by atoms with E-state index < -0.39 is 0 Å². The summed E-state index contributed by atoms with van der Waals surface area (Å²) in [5.41, 5.74) is 6.23. The second kappa shape index (κ2) is 5.94. The average Bonchev–Trinajstić information content (AvgIpc) is 2.91. The van der Waals surface area contributed by atoms with Gasteiger partial charge in [-0.3, -0.25) is 0 Å². The standard InChI is InChI=1S/C18H23N3/c1-12-5-4-6-15(9-12)10-17-20-13(2)18(14(3)21-17)16-7-8-19-11-16/h4-6,9,16,19H,7-8,10-11H2,1-3H3. The minimum Gasteiger partial charge on any atom is -0.316 e. The van der Waals surface area contributed by atoms with Crippen LogP contribution in [0, 0.1) is 20.8 Å². The van der Waals surface area contributed by atoms with Crippen molar-refractivity contribution >= 4 is 0 Å². The monoisotopic (exact) mass is 281 g/mol. The SMILES string of the molecule is Cc1cccc(Cc2nc(C)c(C3CCNC3)c(C)n2)c1. The molecule has 1 unspecified atom stereocenters. The molecule has 3 nitrogen and oxygen atoms in total. The van der Waals surface area contributed by atoms with E-state index in [4.69, 9.17) is 9.97 Å². The van der Waals surface area contributed by atoms with Crippen molar-refractivity contribution in [2.45, 2.75) is 39.5 Å². The van der Waals surface area contributed by atoms with E-state index >= 15 is 0 Å². The Bertz CT molecular complexity index is 620. The summed E-state index contributed by atoms with van der Waals surface area (Å²) >= 11 is 0. The Morgan fingerprint density at radius 1 is 1.14 bits per heavy atom. The molecule has 0 bridgehead atoms. The van der Waals surface area contributed by atoms with Crippen LogP contribution in [0.1, 0.15) is 46.2 Å². The summed E-state index contributed by atoms with van der Waals surface area (Å²) in [5, 5.41) is 3.43. The molecule has 0 saturated carbocycles. The molecule has 21 heavy (non-hydrogen) atoms. The molecule has 3 rings (SSSR count). The third-order valence-electron chi connectivity index (χ3n) is 4.29. The lowest BCUT2D eigenvalue weighted by atomic mass is 9.95. The summed E-state index contributed by atoms with van der Waals surface area (Å²) < 4.78 is 0. The quantitative estimate of drug-likeness (QED) is 0.939. The molecule has 1 aliphatic rings. The van der Waals surface area contributed by atoms with Crippen molar-refractivity contribution in [3.63, 3.8) is 0 Å². The highest BCUT2D eigenvalue weighted by Gasteiger charge is 2.22. The average molecular weight is 281 g/mol. The number of nitrogens with zero attached hydrogens (tertiary/aromatic N) is 2. The molecule has 1 N–H and O–H groups in total. The van der Waals surface area contributed by atoms with Crippen LogP contribution in [-0.4, -0.2) is 23.1 Å². The first kappa shape index (κ1) is 14.2. The van der Waals surface area contributed by atoms with Gasteiger partial charge >= 0.3 is 0 Å². The Kier molecular flexibility index (Phi) is 4.02.